The summed E-state index contributed by atoms with van der Waals surface area (Å²) < 4.78 is 0. The van der Waals surface area contributed by atoms with E-state index in [9.17, 15) is 4.79 Å². The summed E-state index contributed by atoms with van der Waals surface area (Å²) in [4.78, 5) is 10.8. The molecule has 0 aromatic rings. The first kappa shape index (κ1) is 10.7. The quantitative estimate of drug-likeness (QED) is 0.577. The number of carbonyl (C=O) groups is 1. The standard InChI is InChI=1S/C10H20O/c1-4-6-7-10(5-2)8-9(3)11/h10H,4-8H2,1-3H3. The molecular weight excluding hydrogens is 136 g/mol. The van der Waals surface area contributed by atoms with Crippen LogP contribution in [0, 0.1) is 5.92 Å². The van der Waals surface area contributed by atoms with Crippen LogP contribution in [0.1, 0.15) is 52.9 Å². The Labute approximate surface area is 70.2 Å². The predicted octanol–water partition coefficient (Wildman–Crippen LogP) is 3.18. The van der Waals surface area contributed by atoms with Gasteiger partial charge in [0, 0.05) is 6.42 Å². The van der Waals surface area contributed by atoms with Gasteiger partial charge in [0.2, 0.25) is 0 Å². The molecule has 0 aliphatic rings. The molecule has 0 saturated carbocycles. The summed E-state index contributed by atoms with van der Waals surface area (Å²) in [6.45, 7) is 6.05. The minimum absolute atomic E-state index is 0.341. The van der Waals surface area contributed by atoms with Gasteiger partial charge < -0.3 is 4.79 Å². The summed E-state index contributed by atoms with van der Waals surface area (Å²) in [5, 5.41) is 0. The molecule has 66 valence electrons. The SMILES string of the molecule is CCCCC(CC)CC(C)=O. The fourth-order valence-corrected chi connectivity index (χ4v) is 1.35. The van der Waals surface area contributed by atoms with Crippen molar-refractivity contribution in [3.05, 3.63) is 0 Å². The van der Waals surface area contributed by atoms with Crippen LogP contribution in [0.25, 0.3) is 0 Å². The van der Waals surface area contributed by atoms with E-state index in [-0.39, 0.29) is 0 Å². The minimum atomic E-state index is 0.341. The molecule has 0 aromatic carbocycles. The highest BCUT2D eigenvalue weighted by atomic mass is 16.1. The Balaban J connectivity index is 3.49. The molecule has 0 spiro atoms. The molecule has 0 bridgehead atoms. The number of carbonyl (C=O) groups excluding carboxylic acids is 1. The van der Waals surface area contributed by atoms with Gasteiger partial charge in [-0.05, 0) is 12.8 Å². The van der Waals surface area contributed by atoms with E-state index >= 15 is 0 Å². The molecule has 0 radical (unpaired) electrons. The monoisotopic (exact) mass is 156 g/mol. The van der Waals surface area contributed by atoms with Crippen LogP contribution in [-0.4, -0.2) is 5.78 Å². The number of unbranched alkanes of at least 4 members (excludes halogenated alkanes) is 1. The van der Waals surface area contributed by atoms with Crippen LogP contribution >= 0.6 is 0 Å². The van der Waals surface area contributed by atoms with Crippen LogP contribution < -0.4 is 0 Å². The first-order chi connectivity index (χ1) is 5.20. The highest BCUT2D eigenvalue weighted by molar-refractivity contribution is 5.75. The van der Waals surface area contributed by atoms with Crippen molar-refractivity contribution in [2.24, 2.45) is 5.92 Å². The highest BCUT2D eigenvalue weighted by Crippen LogP contribution is 2.16. The zero-order valence-electron chi connectivity index (χ0n) is 8.02. The summed E-state index contributed by atoms with van der Waals surface area (Å²) >= 11 is 0. The first-order valence-electron chi connectivity index (χ1n) is 4.70. The lowest BCUT2D eigenvalue weighted by Crippen LogP contribution is -2.04. The summed E-state index contributed by atoms with van der Waals surface area (Å²) in [5.41, 5.74) is 0. The van der Waals surface area contributed by atoms with Gasteiger partial charge in [-0.25, -0.2) is 0 Å². The Morgan fingerprint density at radius 3 is 2.36 bits per heavy atom. The van der Waals surface area contributed by atoms with Gasteiger partial charge in [-0.3, -0.25) is 0 Å². The van der Waals surface area contributed by atoms with Gasteiger partial charge in [0.15, 0.2) is 0 Å². The molecule has 0 heterocycles. The van der Waals surface area contributed by atoms with E-state index in [1.165, 1.54) is 19.3 Å². The molecule has 0 aromatic heterocycles. The molecule has 0 fully saturated rings. The van der Waals surface area contributed by atoms with Crippen LogP contribution in [0.2, 0.25) is 0 Å². The Kier molecular flexibility index (Phi) is 6.19. The Bertz CT molecular complexity index is 107. The van der Waals surface area contributed by atoms with Crippen molar-refractivity contribution in [1.29, 1.82) is 0 Å². The van der Waals surface area contributed by atoms with E-state index in [1.54, 1.807) is 6.92 Å². The number of rotatable bonds is 6. The maximum atomic E-state index is 10.8. The van der Waals surface area contributed by atoms with E-state index in [2.05, 4.69) is 13.8 Å². The van der Waals surface area contributed by atoms with Crippen LogP contribution in [0.3, 0.4) is 0 Å². The second-order valence-corrected chi connectivity index (χ2v) is 3.32. The van der Waals surface area contributed by atoms with Crippen molar-refractivity contribution in [3.8, 4) is 0 Å². The van der Waals surface area contributed by atoms with Crippen molar-refractivity contribution in [2.45, 2.75) is 52.9 Å². The van der Waals surface area contributed by atoms with E-state index in [4.69, 9.17) is 0 Å². The lowest BCUT2D eigenvalue weighted by Gasteiger charge is -2.11. The predicted molar refractivity (Wildman–Crippen MR) is 48.6 cm³/mol. The molecule has 0 N–H and O–H groups in total. The number of hydrogen-bond acceptors (Lipinski definition) is 1. The minimum Gasteiger partial charge on any atom is -0.300 e. The smallest absolute Gasteiger partial charge is 0.130 e. The van der Waals surface area contributed by atoms with Gasteiger partial charge in [-0.1, -0.05) is 39.5 Å². The van der Waals surface area contributed by atoms with Crippen molar-refractivity contribution in [1.82, 2.24) is 0 Å². The fraction of sp³-hybridized carbons (Fsp3) is 0.900. The van der Waals surface area contributed by atoms with Crippen molar-refractivity contribution >= 4 is 5.78 Å². The van der Waals surface area contributed by atoms with Crippen LogP contribution in [0.4, 0.5) is 0 Å². The number of hydrogen-bond donors (Lipinski definition) is 0. The van der Waals surface area contributed by atoms with Gasteiger partial charge in [0.25, 0.3) is 0 Å². The van der Waals surface area contributed by atoms with Crippen LogP contribution in [-0.2, 0) is 4.79 Å². The lowest BCUT2D eigenvalue weighted by atomic mass is 9.94. The van der Waals surface area contributed by atoms with E-state index in [0.717, 1.165) is 12.8 Å². The average molecular weight is 156 g/mol. The molecule has 1 heteroatoms. The van der Waals surface area contributed by atoms with Crippen LogP contribution in [0.15, 0.2) is 0 Å². The second-order valence-electron chi connectivity index (χ2n) is 3.32. The van der Waals surface area contributed by atoms with Crippen LogP contribution in [0.5, 0.6) is 0 Å². The van der Waals surface area contributed by atoms with E-state index in [0.29, 0.717) is 11.7 Å². The molecule has 0 aliphatic heterocycles. The largest absolute Gasteiger partial charge is 0.300 e. The third-order valence-corrected chi connectivity index (χ3v) is 2.12. The fourth-order valence-electron chi connectivity index (χ4n) is 1.35. The highest BCUT2D eigenvalue weighted by Gasteiger charge is 2.07. The second kappa shape index (κ2) is 6.38. The summed E-state index contributed by atoms with van der Waals surface area (Å²) in [6.07, 6.45) is 5.68. The molecule has 0 aliphatic carbocycles. The number of Topliss-reactive ketones (excluding diaryl/α,β-unsaturated/α-hetero) is 1. The zero-order chi connectivity index (χ0) is 8.69. The van der Waals surface area contributed by atoms with E-state index in [1.807, 2.05) is 0 Å². The lowest BCUT2D eigenvalue weighted by molar-refractivity contribution is -0.117. The average Bonchev–Trinajstić information content (AvgIpc) is 1.97. The first-order valence-corrected chi connectivity index (χ1v) is 4.70. The molecule has 0 saturated heterocycles. The summed E-state index contributed by atoms with van der Waals surface area (Å²) in [5.74, 6) is 0.986. The van der Waals surface area contributed by atoms with Gasteiger partial charge >= 0.3 is 0 Å². The van der Waals surface area contributed by atoms with Gasteiger partial charge in [0.1, 0.15) is 5.78 Å². The van der Waals surface area contributed by atoms with E-state index < -0.39 is 0 Å². The van der Waals surface area contributed by atoms with Gasteiger partial charge in [-0.15, -0.1) is 0 Å². The van der Waals surface area contributed by atoms with Gasteiger partial charge in [-0.2, -0.15) is 0 Å². The molecule has 1 nitrogen and oxygen atoms in total. The molecule has 0 amide bonds. The zero-order valence-corrected chi connectivity index (χ0v) is 8.02. The summed E-state index contributed by atoms with van der Waals surface area (Å²) in [7, 11) is 0. The molecular formula is C10H20O. The Morgan fingerprint density at radius 2 is 2.00 bits per heavy atom. The van der Waals surface area contributed by atoms with Crippen molar-refractivity contribution < 1.29 is 4.79 Å². The molecule has 1 unspecified atom stereocenters. The van der Waals surface area contributed by atoms with Crippen molar-refractivity contribution in [2.75, 3.05) is 0 Å². The topological polar surface area (TPSA) is 17.1 Å². The summed E-state index contributed by atoms with van der Waals surface area (Å²) in [6, 6.07) is 0. The Morgan fingerprint density at radius 1 is 1.36 bits per heavy atom. The molecule has 1 atom stereocenters. The number of ketones is 1. The molecule has 0 rings (SSSR count). The van der Waals surface area contributed by atoms with Crippen molar-refractivity contribution in [3.63, 3.8) is 0 Å². The maximum Gasteiger partial charge on any atom is 0.130 e. The van der Waals surface area contributed by atoms with Gasteiger partial charge in [0.05, 0.1) is 0 Å². The Hall–Kier alpha value is -0.330. The third kappa shape index (κ3) is 6.08. The maximum absolute atomic E-state index is 10.8. The third-order valence-electron chi connectivity index (χ3n) is 2.12. The normalized spacial score (nSPS) is 13.0. The molecule has 11 heavy (non-hydrogen) atoms.